The molecular weight excluding hydrogens is 342 g/mol. The van der Waals surface area contributed by atoms with Crippen LogP contribution in [0.1, 0.15) is 38.6 Å². The van der Waals surface area contributed by atoms with Crippen molar-refractivity contribution < 1.29 is 4.79 Å². The normalized spacial score (nSPS) is 20.3. The molecule has 3 heterocycles. The van der Waals surface area contributed by atoms with E-state index in [1.54, 1.807) is 6.07 Å². The van der Waals surface area contributed by atoms with Crippen molar-refractivity contribution in [2.75, 3.05) is 32.7 Å². The quantitative estimate of drug-likeness (QED) is 0.823. The number of nitrogens with zero attached hydrogens (tertiary/aromatic N) is 5. The Morgan fingerprint density at radius 2 is 1.78 bits per heavy atom. The predicted molar refractivity (Wildman–Crippen MR) is 103 cm³/mol. The van der Waals surface area contributed by atoms with E-state index >= 15 is 0 Å². The molecule has 1 amide bonds. The van der Waals surface area contributed by atoms with E-state index in [0.29, 0.717) is 17.4 Å². The van der Waals surface area contributed by atoms with Crippen molar-refractivity contribution in [3.05, 3.63) is 34.6 Å². The summed E-state index contributed by atoms with van der Waals surface area (Å²) in [4.78, 5) is 29.4. The molecule has 0 aliphatic carbocycles. The molecule has 2 aliphatic heterocycles. The van der Waals surface area contributed by atoms with Gasteiger partial charge >= 0.3 is 0 Å². The molecule has 27 heavy (non-hydrogen) atoms. The molecule has 0 radical (unpaired) electrons. The van der Waals surface area contributed by atoms with Crippen LogP contribution in [0, 0.1) is 5.92 Å². The van der Waals surface area contributed by atoms with Crippen molar-refractivity contribution >= 4 is 16.8 Å². The Hall–Kier alpha value is -2.28. The smallest absolute Gasteiger partial charge is 0.277 e. The molecule has 1 aromatic carbocycles. The zero-order chi connectivity index (χ0) is 18.8. The van der Waals surface area contributed by atoms with Gasteiger partial charge in [-0.1, -0.05) is 24.3 Å². The van der Waals surface area contributed by atoms with Crippen LogP contribution in [0.3, 0.4) is 0 Å². The third kappa shape index (κ3) is 3.88. The molecule has 0 N–H and O–H groups in total. The lowest BCUT2D eigenvalue weighted by atomic mass is 9.99. The first-order valence-electron chi connectivity index (χ1n) is 9.96. The number of piperidine rings is 2. The van der Waals surface area contributed by atoms with Gasteiger partial charge in [0.15, 0.2) is 0 Å². The summed E-state index contributed by atoms with van der Waals surface area (Å²) in [6, 6.07) is 7.38. The maximum atomic E-state index is 12.7. The summed E-state index contributed by atoms with van der Waals surface area (Å²) in [6.07, 6.45) is 3.85. The lowest BCUT2D eigenvalue weighted by Crippen LogP contribution is -2.46. The fourth-order valence-electron chi connectivity index (χ4n) is 4.11. The number of hydrogen-bond donors (Lipinski definition) is 0. The second-order valence-corrected chi connectivity index (χ2v) is 7.93. The minimum absolute atomic E-state index is 0.0526. The third-order valence-electron chi connectivity index (χ3n) is 5.99. The van der Waals surface area contributed by atoms with E-state index < -0.39 is 0 Å². The number of aromatic nitrogens is 3. The molecule has 0 atom stereocenters. The van der Waals surface area contributed by atoms with Crippen molar-refractivity contribution in [1.29, 1.82) is 0 Å². The van der Waals surface area contributed by atoms with Crippen LogP contribution < -0.4 is 5.56 Å². The van der Waals surface area contributed by atoms with Crippen molar-refractivity contribution in [2.45, 2.75) is 38.6 Å². The number of amides is 1. The van der Waals surface area contributed by atoms with Gasteiger partial charge in [0, 0.05) is 26.2 Å². The molecule has 2 aromatic rings. The van der Waals surface area contributed by atoms with Gasteiger partial charge in [-0.05, 0) is 43.7 Å². The van der Waals surface area contributed by atoms with Crippen LogP contribution in [0.2, 0.25) is 0 Å². The Kier molecular flexibility index (Phi) is 5.20. The highest BCUT2D eigenvalue weighted by molar-refractivity contribution is 5.78. The monoisotopic (exact) mass is 369 g/mol. The fourth-order valence-corrected chi connectivity index (χ4v) is 4.11. The van der Waals surface area contributed by atoms with E-state index in [0.717, 1.165) is 57.8 Å². The van der Waals surface area contributed by atoms with Gasteiger partial charge in [-0.3, -0.25) is 14.5 Å². The highest BCUT2D eigenvalue weighted by Crippen LogP contribution is 2.21. The molecule has 0 bridgehead atoms. The Morgan fingerprint density at radius 3 is 2.52 bits per heavy atom. The number of fused-ring (bicyclic) bond motifs is 1. The van der Waals surface area contributed by atoms with Crippen LogP contribution >= 0.6 is 0 Å². The molecule has 2 fully saturated rings. The van der Waals surface area contributed by atoms with Crippen molar-refractivity contribution in [3.8, 4) is 0 Å². The topological polar surface area (TPSA) is 71.3 Å². The van der Waals surface area contributed by atoms with Gasteiger partial charge in [0.25, 0.3) is 5.56 Å². The first kappa shape index (κ1) is 18.1. The van der Waals surface area contributed by atoms with Crippen LogP contribution in [0.25, 0.3) is 10.9 Å². The van der Waals surface area contributed by atoms with Gasteiger partial charge in [0.1, 0.15) is 5.52 Å². The van der Waals surface area contributed by atoms with Gasteiger partial charge in [-0.25, -0.2) is 4.68 Å². The number of likely N-dealkylation sites (tertiary alicyclic amines) is 2. The summed E-state index contributed by atoms with van der Waals surface area (Å²) < 4.78 is 1.54. The minimum atomic E-state index is -0.0717. The molecule has 2 saturated heterocycles. The lowest BCUT2D eigenvalue weighted by molar-refractivity contribution is -0.134. The van der Waals surface area contributed by atoms with E-state index in [2.05, 4.69) is 22.1 Å². The largest absolute Gasteiger partial charge is 0.342 e. The Labute approximate surface area is 158 Å². The summed E-state index contributed by atoms with van der Waals surface area (Å²) >= 11 is 0. The van der Waals surface area contributed by atoms with Crippen molar-refractivity contribution in [2.24, 2.45) is 5.92 Å². The molecule has 0 spiro atoms. The number of carbonyl (C=O) groups excluding carboxylic acids is 1. The minimum Gasteiger partial charge on any atom is -0.342 e. The first-order chi connectivity index (χ1) is 13.1. The Morgan fingerprint density at radius 1 is 1.07 bits per heavy atom. The summed E-state index contributed by atoms with van der Waals surface area (Å²) in [7, 11) is 0. The van der Waals surface area contributed by atoms with Crippen LogP contribution in [0.5, 0.6) is 0 Å². The van der Waals surface area contributed by atoms with Gasteiger partial charge < -0.3 is 4.90 Å². The second kappa shape index (κ2) is 7.76. The maximum Gasteiger partial charge on any atom is 0.277 e. The standard InChI is InChI=1S/C20H27N5O2/c1-15-6-12-24(13-7-15)19(26)14-23-10-8-16(9-11-23)25-20(27)17-4-2-3-5-18(17)21-22-25/h2-5,15-16H,6-14H2,1H3. The molecule has 7 nitrogen and oxygen atoms in total. The van der Waals surface area contributed by atoms with Gasteiger partial charge in [-0.15, -0.1) is 5.10 Å². The molecule has 7 heteroatoms. The zero-order valence-electron chi connectivity index (χ0n) is 15.9. The van der Waals surface area contributed by atoms with E-state index in [9.17, 15) is 9.59 Å². The van der Waals surface area contributed by atoms with Crippen LogP contribution in [-0.4, -0.2) is 63.4 Å². The summed E-state index contributed by atoms with van der Waals surface area (Å²) in [5.74, 6) is 0.967. The number of hydrogen-bond acceptors (Lipinski definition) is 5. The molecule has 0 saturated carbocycles. The average Bonchev–Trinajstić information content (AvgIpc) is 2.70. The fraction of sp³-hybridized carbons (Fsp3) is 0.600. The van der Waals surface area contributed by atoms with Gasteiger partial charge in [0.05, 0.1) is 18.0 Å². The number of rotatable bonds is 3. The highest BCUT2D eigenvalue weighted by Gasteiger charge is 2.26. The first-order valence-corrected chi connectivity index (χ1v) is 9.96. The number of carbonyl (C=O) groups is 1. The zero-order valence-corrected chi connectivity index (χ0v) is 15.9. The highest BCUT2D eigenvalue weighted by atomic mass is 16.2. The molecule has 144 valence electrons. The SMILES string of the molecule is CC1CCN(C(=O)CN2CCC(n3nnc4ccccc4c3=O)CC2)CC1. The molecule has 1 aromatic heterocycles. The van der Waals surface area contributed by atoms with E-state index in [1.165, 1.54) is 4.68 Å². The van der Waals surface area contributed by atoms with Gasteiger partial charge in [-0.2, -0.15) is 0 Å². The third-order valence-corrected chi connectivity index (χ3v) is 5.99. The predicted octanol–water partition coefficient (Wildman–Crippen LogP) is 1.69. The van der Waals surface area contributed by atoms with Gasteiger partial charge in [0.2, 0.25) is 5.91 Å². The Bertz CT molecular complexity index is 864. The van der Waals surface area contributed by atoms with Crippen LogP contribution in [-0.2, 0) is 4.79 Å². The lowest BCUT2D eigenvalue weighted by Gasteiger charge is -2.35. The van der Waals surface area contributed by atoms with Crippen molar-refractivity contribution in [3.63, 3.8) is 0 Å². The molecule has 2 aliphatic rings. The maximum absolute atomic E-state index is 12.7. The Balaban J connectivity index is 1.36. The van der Waals surface area contributed by atoms with E-state index in [-0.39, 0.29) is 17.5 Å². The van der Waals surface area contributed by atoms with Crippen LogP contribution in [0.15, 0.2) is 29.1 Å². The molecule has 0 unspecified atom stereocenters. The van der Waals surface area contributed by atoms with E-state index in [4.69, 9.17) is 0 Å². The van der Waals surface area contributed by atoms with E-state index in [1.807, 2.05) is 23.1 Å². The molecular formula is C20H27N5O2. The summed E-state index contributed by atoms with van der Waals surface area (Å²) in [5, 5.41) is 8.96. The summed E-state index contributed by atoms with van der Waals surface area (Å²) in [5.41, 5.74) is 0.565. The number of benzene rings is 1. The van der Waals surface area contributed by atoms with Crippen LogP contribution in [0.4, 0.5) is 0 Å². The summed E-state index contributed by atoms with van der Waals surface area (Å²) in [6.45, 7) is 6.13. The average molecular weight is 369 g/mol. The second-order valence-electron chi connectivity index (χ2n) is 7.93. The molecule has 4 rings (SSSR count). The van der Waals surface area contributed by atoms with Crippen molar-refractivity contribution in [1.82, 2.24) is 24.8 Å².